The maximum atomic E-state index is 13.1. The molecule has 1 atom stereocenters. The van der Waals surface area contributed by atoms with Crippen LogP contribution in [0.5, 0.6) is 5.75 Å². The number of nitrogens with two attached hydrogens (primary N) is 1. The summed E-state index contributed by atoms with van der Waals surface area (Å²) in [4.78, 5) is 21.0. The molecular weight excluding hydrogens is 525 g/mol. The number of aromatic amines is 2. The van der Waals surface area contributed by atoms with E-state index >= 15 is 0 Å². The van der Waals surface area contributed by atoms with E-state index in [1.54, 1.807) is 18.2 Å². The summed E-state index contributed by atoms with van der Waals surface area (Å²) in [7, 11) is 0. The number of ether oxygens (including phenoxy) is 1. The molecule has 0 saturated carbocycles. The van der Waals surface area contributed by atoms with Gasteiger partial charge in [-0.3, -0.25) is 5.10 Å². The Balaban J connectivity index is 1.43. The zero-order chi connectivity index (χ0) is 26.6. The first-order chi connectivity index (χ1) is 18.4. The second-order valence-corrected chi connectivity index (χ2v) is 9.38. The number of carbonyl (C=O) groups excluding carboxylic acids is 1. The lowest BCUT2D eigenvalue weighted by Gasteiger charge is -2.18. The second kappa shape index (κ2) is 11.0. The Morgan fingerprint density at radius 2 is 1.92 bits per heavy atom. The molecule has 9 nitrogen and oxygen atoms in total. The largest absolute Gasteiger partial charge is 0.492 e. The van der Waals surface area contributed by atoms with E-state index < -0.39 is 12.1 Å². The Morgan fingerprint density at radius 1 is 1.11 bits per heavy atom. The second-order valence-electron chi connectivity index (χ2n) is 8.57. The smallest absolute Gasteiger partial charge is 0.319 e. The van der Waals surface area contributed by atoms with Crippen LogP contribution in [-0.2, 0) is 6.42 Å². The van der Waals surface area contributed by atoms with Gasteiger partial charge in [0.25, 0.3) is 0 Å². The fourth-order valence-electron chi connectivity index (χ4n) is 4.17. The zero-order valence-corrected chi connectivity index (χ0v) is 21.9. The minimum absolute atomic E-state index is 0.350. The third kappa shape index (κ3) is 5.53. The number of anilines is 2. The van der Waals surface area contributed by atoms with Crippen LogP contribution in [0.25, 0.3) is 22.2 Å². The topological polar surface area (TPSA) is 134 Å². The predicted molar refractivity (Wildman–Crippen MR) is 151 cm³/mol. The molecule has 0 saturated heterocycles. The molecule has 0 fully saturated rings. The highest BCUT2D eigenvalue weighted by Gasteiger charge is 2.22. The van der Waals surface area contributed by atoms with Gasteiger partial charge in [-0.2, -0.15) is 5.10 Å². The molecule has 2 amide bonds. The lowest BCUT2D eigenvalue weighted by Crippen LogP contribution is -2.34. The van der Waals surface area contributed by atoms with E-state index in [-0.39, 0.29) is 0 Å². The van der Waals surface area contributed by atoms with E-state index in [0.717, 1.165) is 22.0 Å². The Morgan fingerprint density at radius 3 is 2.71 bits per heavy atom. The van der Waals surface area contributed by atoms with Crippen molar-refractivity contribution in [1.82, 2.24) is 25.5 Å². The van der Waals surface area contributed by atoms with Gasteiger partial charge in [-0.25, -0.2) is 9.78 Å². The molecule has 0 radical (unpaired) electrons. The Kier molecular flexibility index (Phi) is 7.39. The third-order valence-electron chi connectivity index (χ3n) is 5.95. The summed E-state index contributed by atoms with van der Waals surface area (Å²) in [5, 5.41) is 14.5. The number of carbonyl (C=O) groups is 1. The van der Waals surface area contributed by atoms with Gasteiger partial charge in [0.05, 0.1) is 23.9 Å². The highest BCUT2D eigenvalue weighted by molar-refractivity contribution is 6.32. The van der Waals surface area contributed by atoms with Crippen LogP contribution in [0.3, 0.4) is 0 Å². The number of nitrogen functional groups attached to an aromatic ring is 1. The van der Waals surface area contributed by atoms with Crippen molar-refractivity contribution in [2.45, 2.75) is 19.4 Å². The van der Waals surface area contributed by atoms with Gasteiger partial charge in [0, 0.05) is 22.0 Å². The summed E-state index contributed by atoms with van der Waals surface area (Å²) in [5.41, 5.74) is 9.51. The van der Waals surface area contributed by atoms with Gasteiger partial charge >= 0.3 is 6.03 Å². The summed E-state index contributed by atoms with van der Waals surface area (Å²) in [6.45, 7) is 2.29. The van der Waals surface area contributed by atoms with Crippen molar-refractivity contribution in [2.75, 3.05) is 17.7 Å². The van der Waals surface area contributed by atoms with Crippen molar-refractivity contribution in [2.24, 2.45) is 0 Å². The molecule has 2 aromatic heterocycles. The van der Waals surface area contributed by atoms with Gasteiger partial charge in [0.1, 0.15) is 22.4 Å². The van der Waals surface area contributed by atoms with E-state index in [0.29, 0.717) is 52.0 Å². The molecular formula is C27H25Cl2N7O2. The summed E-state index contributed by atoms with van der Waals surface area (Å²) in [5.74, 6) is 1.41. The maximum Gasteiger partial charge on any atom is 0.319 e. The summed E-state index contributed by atoms with van der Waals surface area (Å²) >= 11 is 12.7. The molecule has 0 aliphatic heterocycles. The van der Waals surface area contributed by atoms with E-state index in [1.807, 2.05) is 55.5 Å². The third-order valence-corrected chi connectivity index (χ3v) is 6.46. The first kappa shape index (κ1) is 25.4. The van der Waals surface area contributed by atoms with Crippen LogP contribution >= 0.6 is 23.2 Å². The van der Waals surface area contributed by atoms with Crippen molar-refractivity contribution in [3.63, 3.8) is 0 Å². The summed E-state index contributed by atoms with van der Waals surface area (Å²) in [6.07, 6.45) is 0.479. The predicted octanol–water partition coefficient (Wildman–Crippen LogP) is 6.35. The minimum Gasteiger partial charge on any atom is -0.492 e. The van der Waals surface area contributed by atoms with Gasteiger partial charge < -0.3 is 26.1 Å². The van der Waals surface area contributed by atoms with Gasteiger partial charge in [-0.05, 0) is 43.2 Å². The van der Waals surface area contributed by atoms with E-state index in [4.69, 9.17) is 38.7 Å². The SMILES string of the molecule is CCOc1cc(Cl)ccc1NC(=O)N[C@@H](Cc1ccccc1)c1nc(-c2ccc3c(N)n[nH]c3c2)c(Cl)[nH]1. The lowest BCUT2D eigenvalue weighted by molar-refractivity contribution is 0.247. The summed E-state index contributed by atoms with van der Waals surface area (Å²) < 4.78 is 5.63. The van der Waals surface area contributed by atoms with Crippen LogP contribution in [0.1, 0.15) is 24.4 Å². The number of imidazole rings is 1. The molecule has 0 spiro atoms. The number of urea groups is 1. The number of nitrogens with zero attached hydrogens (tertiary/aromatic N) is 2. The molecule has 6 N–H and O–H groups in total. The van der Waals surface area contributed by atoms with E-state index in [1.165, 1.54) is 0 Å². The molecule has 194 valence electrons. The number of rotatable bonds is 8. The molecule has 0 aliphatic carbocycles. The van der Waals surface area contributed by atoms with Gasteiger partial charge in [-0.15, -0.1) is 0 Å². The molecule has 11 heteroatoms. The Labute approximate surface area is 228 Å². The lowest BCUT2D eigenvalue weighted by atomic mass is 10.1. The monoisotopic (exact) mass is 549 g/mol. The first-order valence-electron chi connectivity index (χ1n) is 11.9. The molecule has 0 aliphatic rings. The number of amides is 2. The summed E-state index contributed by atoms with van der Waals surface area (Å²) in [6, 6.07) is 19.5. The van der Waals surface area contributed by atoms with Crippen LogP contribution in [0.15, 0.2) is 66.7 Å². The first-order valence-corrected chi connectivity index (χ1v) is 12.7. The molecule has 38 heavy (non-hydrogen) atoms. The average molecular weight is 550 g/mol. The van der Waals surface area contributed by atoms with Gasteiger partial charge in [0.15, 0.2) is 5.82 Å². The molecule has 2 heterocycles. The number of fused-ring (bicyclic) bond motifs is 1. The zero-order valence-electron chi connectivity index (χ0n) is 20.4. The highest BCUT2D eigenvalue weighted by Crippen LogP contribution is 2.32. The fraction of sp³-hybridized carbons (Fsp3) is 0.148. The van der Waals surface area contributed by atoms with Crippen molar-refractivity contribution in [3.8, 4) is 17.0 Å². The number of nitrogens with one attached hydrogen (secondary N) is 4. The van der Waals surface area contributed by atoms with Crippen molar-refractivity contribution >= 4 is 51.6 Å². The Bertz CT molecular complexity index is 1580. The van der Waals surface area contributed by atoms with E-state index in [9.17, 15) is 4.79 Å². The van der Waals surface area contributed by atoms with Gasteiger partial charge in [0.2, 0.25) is 0 Å². The van der Waals surface area contributed by atoms with Gasteiger partial charge in [-0.1, -0.05) is 59.6 Å². The van der Waals surface area contributed by atoms with Crippen molar-refractivity contribution < 1.29 is 9.53 Å². The van der Waals surface area contributed by atoms with Crippen LogP contribution in [0.2, 0.25) is 10.2 Å². The number of hydrogen-bond donors (Lipinski definition) is 5. The van der Waals surface area contributed by atoms with Crippen LogP contribution in [-0.4, -0.2) is 32.8 Å². The number of halogens is 2. The molecule has 5 rings (SSSR count). The molecule has 5 aromatic rings. The Hall–Kier alpha value is -4.21. The number of aromatic nitrogens is 4. The van der Waals surface area contributed by atoms with Crippen molar-refractivity contribution in [1.29, 1.82) is 0 Å². The van der Waals surface area contributed by atoms with Crippen molar-refractivity contribution in [3.05, 3.63) is 88.3 Å². The number of benzene rings is 3. The van der Waals surface area contributed by atoms with Crippen LogP contribution in [0.4, 0.5) is 16.3 Å². The average Bonchev–Trinajstić information content (AvgIpc) is 3.48. The standard InChI is InChI=1S/C27H25Cl2N7O2/c1-2-38-22-14-17(28)9-11-19(22)31-27(37)32-21(12-15-6-4-3-5-7-15)26-33-23(24(29)34-26)16-8-10-18-20(13-16)35-36-25(18)30/h3-11,13-14,21H,2,12H2,1H3,(H,33,34)(H3,30,35,36)(H2,31,32,37)/t21-/m0/s1. The highest BCUT2D eigenvalue weighted by atomic mass is 35.5. The molecule has 0 unspecified atom stereocenters. The number of H-pyrrole nitrogens is 2. The fourth-order valence-corrected chi connectivity index (χ4v) is 4.58. The number of hydrogen-bond acceptors (Lipinski definition) is 5. The molecule has 3 aromatic carbocycles. The quantitative estimate of drug-likeness (QED) is 0.154. The minimum atomic E-state index is -0.516. The van der Waals surface area contributed by atoms with Crippen LogP contribution in [0, 0.1) is 0 Å². The van der Waals surface area contributed by atoms with Crippen LogP contribution < -0.4 is 21.1 Å². The molecule has 0 bridgehead atoms. The normalized spacial score (nSPS) is 11.9. The van der Waals surface area contributed by atoms with E-state index in [2.05, 4.69) is 25.8 Å². The maximum absolute atomic E-state index is 13.1.